The number of nitrogens with zero attached hydrogens (tertiary/aromatic N) is 3. The molecule has 3 rings (SSSR count). The van der Waals surface area contributed by atoms with E-state index < -0.39 is 0 Å². The first kappa shape index (κ1) is 16.6. The van der Waals surface area contributed by atoms with E-state index >= 15 is 0 Å². The maximum atomic E-state index is 4.78. The molecule has 1 aliphatic carbocycles. The number of benzene rings is 1. The Hall–Kier alpha value is -2.30. The molecular formula is C19H27N5. The molecule has 0 spiro atoms. The third kappa shape index (κ3) is 4.16. The summed E-state index contributed by atoms with van der Waals surface area (Å²) in [6, 6.07) is 10.4. The molecule has 1 aromatic heterocycles. The van der Waals surface area contributed by atoms with Gasteiger partial charge in [-0.25, -0.2) is 9.98 Å². The number of guanidine groups is 1. The monoisotopic (exact) mass is 325 g/mol. The molecule has 5 heteroatoms. The van der Waals surface area contributed by atoms with E-state index in [4.69, 9.17) is 9.98 Å². The van der Waals surface area contributed by atoms with Crippen LogP contribution in [0.15, 0.2) is 35.3 Å². The van der Waals surface area contributed by atoms with Crippen LogP contribution in [0.25, 0.3) is 10.9 Å². The predicted octanol–water partition coefficient (Wildman–Crippen LogP) is 2.77. The highest BCUT2D eigenvalue weighted by Crippen LogP contribution is 2.27. The summed E-state index contributed by atoms with van der Waals surface area (Å²) >= 11 is 0. The molecule has 2 aromatic rings. The van der Waals surface area contributed by atoms with Crippen LogP contribution >= 0.6 is 0 Å². The number of nitrogens with one attached hydrogen (secondary N) is 2. The molecule has 5 nitrogen and oxygen atoms in total. The van der Waals surface area contributed by atoms with Gasteiger partial charge >= 0.3 is 0 Å². The lowest BCUT2D eigenvalue weighted by Gasteiger charge is -2.15. The van der Waals surface area contributed by atoms with Crippen molar-refractivity contribution in [3.05, 3.63) is 35.9 Å². The molecule has 0 aliphatic heterocycles. The molecule has 1 saturated carbocycles. The number of aromatic nitrogens is 1. The van der Waals surface area contributed by atoms with Gasteiger partial charge in [0.15, 0.2) is 5.96 Å². The van der Waals surface area contributed by atoms with Crippen molar-refractivity contribution in [2.45, 2.75) is 26.3 Å². The highest BCUT2D eigenvalue weighted by atomic mass is 15.2. The summed E-state index contributed by atoms with van der Waals surface area (Å²) in [5.41, 5.74) is 2.22. The topological polar surface area (TPSA) is 52.6 Å². The summed E-state index contributed by atoms with van der Waals surface area (Å²) < 4.78 is 0. The average Bonchev–Trinajstić information content (AvgIpc) is 3.41. The Balaban J connectivity index is 1.84. The largest absolute Gasteiger partial charge is 0.363 e. The second-order valence-corrected chi connectivity index (χ2v) is 6.57. The van der Waals surface area contributed by atoms with Crippen LogP contribution in [0.1, 0.15) is 25.3 Å². The van der Waals surface area contributed by atoms with E-state index in [0.29, 0.717) is 6.54 Å². The van der Waals surface area contributed by atoms with E-state index in [0.717, 1.165) is 36.3 Å². The molecule has 1 aliphatic rings. The fraction of sp³-hybridized carbons (Fsp3) is 0.474. The summed E-state index contributed by atoms with van der Waals surface area (Å²) in [6.07, 6.45) is 2.68. The normalized spacial score (nSPS) is 14.7. The van der Waals surface area contributed by atoms with Crippen LogP contribution in [0.3, 0.4) is 0 Å². The first-order valence-electron chi connectivity index (χ1n) is 8.75. The van der Waals surface area contributed by atoms with Gasteiger partial charge in [0, 0.05) is 32.6 Å². The Morgan fingerprint density at radius 3 is 2.75 bits per heavy atom. The Bertz CT molecular complexity index is 719. The lowest BCUT2D eigenvalue weighted by atomic mass is 10.1. The van der Waals surface area contributed by atoms with Gasteiger partial charge in [-0.1, -0.05) is 18.2 Å². The predicted molar refractivity (Wildman–Crippen MR) is 102 cm³/mol. The van der Waals surface area contributed by atoms with Crippen LogP contribution in [-0.4, -0.2) is 38.1 Å². The van der Waals surface area contributed by atoms with Crippen molar-refractivity contribution in [1.82, 2.24) is 15.6 Å². The van der Waals surface area contributed by atoms with E-state index in [-0.39, 0.29) is 0 Å². The molecule has 0 bridgehead atoms. The van der Waals surface area contributed by atoms with Gasteiger partial charge in [0.25, 0.3) is 0 Å². The van der Waals surface area contributed by atoms with Crippen LogP contribution in [-0.2, 0) is 6.54 Å². The minimum atomic E-state index is 0.643. The highest BCUT2D eigenvalue weighted by Gasteiger charge is 2.21. The Morgan fingerprint density at radius 1 is 1.25 bits per heavy atom. The third-order valence-electron chi connectivity index (χ3n) is 4.25. The molecule has 1 aromatic carbocycles. The molecule has 24 heavy (non-hydrogen) atoms. The van der Waals surface area contributed by atoms with Crippen molar-refractivity contribution in [2.24, 2.45) is 10.9 Å². The number of anilines is 1. The van der Waals surface area contributed by atoms with Gasteiger partial charge in [-0.05, 0) is 43.4 Å². The van der Waals surface area contributed by atoms with E-state index in [9.17, 15) is 0 Å². The molecule has 128 valence electrons. The van der Waals surface area contributed by atoms with Gasteiger partial charge in [0.1, 0.15) is 5.82 Å². The molecule has 1 fully saturated rings. The second kappa shape index (κ2) is 7.51. The number of pyridine rings is 1. The number of hydrogen-bond donors (Lipinski definition) is 2. The maximum absolute atomic E-state index is 4.78. The summed E-state index contributed by atoms with van der Waals surface area (Å²) in [5.74, 6) is 2.70. The highest BCUT2D eigenvalue weighted by molar-refractivity contribution is 5.85. The Morgan fingerprint density at radius 2 is 2.04 bits per heavy atom. The molecular weight excluding hydrogens is 298 g/mol. The summed E-state index contributed by atoms with van der Waals surface area (Å²) in [4.78, 5) is 11.5. The van der Waals surface area contributed by atoms with Crippen molar-refractivity contribution >= 4 is 22.7 Å². The van der Waals surface area contributed by atoms with Gasteiger partial charge in [-0.15, -0.1) is 0 Å². The van der Waals surface area contributed by atoms with Crippen molar-refractivity contribution < 1.29 is 0 Å². The minimum Gasteiger partial charge on any atom is -0.363 e. The molecule has 2 N–H and O–H groups in total. The van der Waals surface area contributed by atoms with Crippen LogP contribution < -0.4 is 15.5 Å². The molecule has 0 radical (unpaired) electrons. The first-order chi connectivity index (χ1) is 11.7. The van der Waals surface area contributed by atoms with Crippen LogP contribution in [0, 0.1) is 5.92 Å². The van der Waals surface area contributed by atoms with Crippen molar-refractivity contribution in [1.29, 1.82) is 0 Å². The van der Waals surface area contributed by atoms with Crippen molar-refractivity contribution in [3.8, 4) is 0 Å². The standard InChI is InChI=1S/C19H27N5/c1-4-20-19(21-12-14-9-10-14)22-13-15-11-18(24(2)3)23-17-8-6-5-7-16(15)17/h5-8,11,14H,4,9-10,12-13H2,1-3H3,(H2,20,21,22). The first-order valence-corrected chi connectivity index (χ1v) is 8.75. The van der Waals surface area contributed by atoms with Gasteiger partial charge in [0.05, 0.1) is 12.1 Å². The van der Waals surface area contributed by atoms with E-state index in [1.54, 1.807) is 0 Å². The van der Waals surface area contributed by atoms with Crippen LogP contribution in [0.4, 0.5) is 5.82 Å². The Labute approximate surface area is 144 Å². The van der Waals surface area contributed by atoms with Crippen LogP contribution in [0.2, 0.25) is 0 Å². The lowest BCUT2D eigenvalue weighted by molar-refractivity contribution is 0.739. The number of aliphatic imine (C=N–C) groups is 1. The zero-order chi connectivity index (χ0) is 16.9. The molecule has 0 saturated heterocycles. The summed E-state index contributed by atoms with van der Waals surface area (Å²) in [7, 11) is 4.04. The molecule has 0 amide bonds. The van der Waals surface area contributed by atoms with E-state index in [2.05, 4.69) is 41.8 Å². The molecule has 1 heterocycles. The fourth-order valence-electron chi connectivity index (χ4n) is 2.66. The van der Waals surface area contributed by atoms with Gasteiger partial charge in [-0.2, -0.15) is 0 Å². The van der Waals surface area contributed by atoms with Gasteiger partial charge < -0.3 is 15.5 Å². The number of fused-ring (bicyclic) bond motifs is 1. The van der Waals surface area contributed by atoms with Crippen LogP contribution in [0.5, 0.6) is 0 Å². The smallest absolute Gasteiger partial charge is 0.191 e. The minimum absolute atomic E-state index is 0.643. The van der Waals surface area contributed by atoms with Crippen molar-refractivity contribution in [3.63, 3.8) is 0 Å². The summed E-state index contributed by atoms with van der Waals surface area (Å²) in [5, 5.41) is 7.96. The second-order valence-electron chi connectivity index (χ2n) is 6.57. The molecule has 0 unspecified atom stereocenters. The zero-order valence-corrected chi connectivity index (χ0v) is 14.8. The SMILES string of the molecule is CCNC(=NCc1cc(N(C)C)nc2ccccc12)NCC1CC1. The maximum Gasteiger partial charge on any atom is 0.191 e. The third-order valence-corrected chi connectivity index (χ3v) is 4.25. The number of hydrogen-bond acceptors (Lipinski definition) is 3. The quantitative estimate of drug-likeness (QED) is 0.633. The lowest BCUT2D eigenvalue weighted by Crippen LogP contribution is -2.38. The number of para-hydroxylation sites is 1. The van der Waals surface area contributed by atoms with E-state index in [1.807, 2.05) is 25.1 Å². The molecule has 0 atom stereocenters. The fourth-order valence-corrected chi connectivity index (χ4v) is 2.66. The number of rotatable bonds is 6. The average molecular weight is 325 g/mol. The van der Waals surface area contributed by atoms with Gasteiger partial charge in [0.2, 0.25) is 0 Å². The van der Waals surface area contributed by atoms with E-state index in [1.165, 1.54) is 23.8 Å². The zero-order valence-electron chi connectivity index (χ0n) is 14.8. The van der Waals surface area contributed by atoms with Crippen molar-refractivity contribution in [2.75, 3.05) is 32.1 Å². The van der Waals surface area contributed by atoms with Gasteiger partial charge in [-0.3, -0.25) is 0 Å². The Kier molecular flexibility index (Phi) is 5.18. The summed E-state index contributed by atoms with van der Waals surface area (Å²) in [6.45, 7) is 4.63.